The predicted molar refractivity (Wildman–Crippen MR) is 89.4 cm³/mol. The highest BCUT2D eigenvalue weighted by molar-refractivity contribution is 5.68. The van der Waals surface area contributed by atoms with Crippen molar-refractivity contribution < 1.29 is 22.8 Å². The normalized spacial score (nSPS) is 16.0. The van der Waals surface area contributed by atoms with E-state index in [1.807, 2.05) is 20.8 Å². The Bertz CT molecular complexity index is 793. The van der Waals surface area contributed by atoms with Crippen molar-refractivity contribution in [2.75, 3.05) is 13.1 Å². The molecule has 1 amide bonds. The molecular weight excluding hydrogens is 344 g/mol. The molecule has 2 heterocycles. The number of halogens is 2. The molecule has 0 N–H and O–H groups in total. The minimum Gasteiger partial charge on any atom is -0.444 e. The summed E-state index contributed by atoms with van der Waals surface area (Å²) in [6, 6.07) is 3.44. The molecule has 0 spiro atoms. The van der Waals surface area contributed by atoms with Gasteiger partial charge in [-0.25, -0.2) is 13.6 Å². The fraction of sp³-hybridized carbons (Fsp3) is 0.500. The van der Waals surface area contributed by atoms with E-state index >= 15 is 0 Å². The van der Waals surface area contributed by atoms with Gasteiger partial charge in [0, 0.05) is 24.6 Å². The minimum absolute atomic E-state index is 0.0384. The van der Waals surface area contributed by atoms with E-state index in [4.69, 9.17) is 9.26 Å². The van der Waals surface area contributed by atoms with Gasteiger partial charge in [-0.15, -0.1) is 0 Å². The van der Waals surface area contributed by atoms with E-state index in [2.05, 4.69) is 10.1 Å². The molecule has 1 aliphatic heterocycles. The number of aromatic nitrogens is 2. The van der Waals surface area contributed by atoms with Gasteiger partial charge in [-0.2, -0.15) is 4.98 Å². The Hall–Kier alpha value is -2.51. The lowest BCUT2D eigenvalue weighted by molar-refractivity contribution is 0.0203. The zero-order chi connectivity index (χ0) is 18.9. The molecule has 1 saturated heterocycles. The van der Waals surface area contributed by atoms with Crippen LogP contribution in [0.3, 0.4) is 0 Å². The molecule has 2 aromatic rings. The molecule has 0 aliphatic carbocycles. The first-order chi connectivity index (χ1) is 12.2. The summed E-state index contributed by atoms with van der Waals surface area (Å²) >= 11 is 0. The number of carbonyl (C=O) groups is 1. The van der Waals surface area contributed by atoms with Crippen LogP contribution in [0.1, 0.15) is 45.4 Å². The van der Waals surface area contributed by atoms with Gasteiger partial charge in [-0.1, -0.05) is 5.16 Å². The van der Waals surface area contributed by atoms with Gasteiger partial charge in [0.15, 0.2) is 17.5 Å². The van der Waals surface area contributed by atoms with E-state index in [0.29, 0.717) is 37.3 Å². The lowest BCUT2D eigenvalue weighted by Gasteiger charge is -2.32. The number of nitrogens with zero attached hydrogens (tertiary/aromatic N) is 3. The molecule has 1 aliphatic rings. The van der Waals surface area contributed by atoms with Crippen LogP contribution in [-0.2, 0) is 4.74 Å². The summed E-state index contributed by atoms with van der Waals surface area (Å²) in [5, 5.41) is 3.96. The molecular formula is C18H21F2N3O3. The third-order valence-electron chi connectivity index (χ3n) is 4.12. The maximum absolute atomic E-state index is 13.3. The third kappa shape index (κ3) is 4.17. The molecule has 1 aromatic heterocycles. The fourth-order valence-corrected chi connectivity index (χ4v) is 2.79. The maximum atomic E-state index is 13.3. The summed E-state index contributed by atoms with van der Waals surface area (Å²) in [5.74, 6) is -1.20. The molecule has 0 unspecified atom stereocenters. The zero-order valence-electron chi connectivity index (χ0n) is 15.0. The number of benzene rings is 1. The van der Waals surface area contributed by atoms with Crippen molar-refractivity contribution in [2.45, 2.75) is 45.1 Å². The number of ether oxygens (including phenoxy) is 1. The molecule has 3 rings (SSSR count). The van der Waals surface area contributed by atoms with Gasteiger partial charge < -0.3 is 14.2 Å². The Morgan fingerprint density at radius 3 is 2.54 bits per heavy atom. The number of carbonyl (C=O) groups excluding carboxylic acids is 1. The van der Waals surface area contributed by atoms with Crippen LogP contribution in [-0.4, -0.2) is 39.8 Å². The summed E-state index contributed by atoms with van der Waals surface area (Å²) in [7, 11) is 0. The fourth-order valence-electron chi connectivity index (χ4n) is 2.79. The van der Waals surface area contributed by atoms with Crippen molar-refractivity contribution in [1.29, 1.82) is 0 Å². The second kappa shape index (κ2) is 7.01. The molecule has 1 aromatic carbocycles. The number of hydrogen-bond acceptors (Lipinski definition) is 5. The average molecular weight is 365 g/mol. The van der Waals surface area contributed by atoms with E-state index in [1.54, 1.807) is 4.90 Å². The van der Waals surface area contributed by atoms with Crippen molar-refractivity contribution in [1.82, 2.24) is 15.0 Å². The van der Waals surface area contributed by atoms with Gasteiger partial charge in [0.05, 0.1) is 0 Å². The van der Waals surface area contributed by atoms with Gasteiger partial charge >= 0.3 is 6.09 Å². The second-order valence-electron chi connectivity index (χ2n) is 7.33. The first-order valence-electron chi connectivity index (χ1n) is 8.50. The minimum atomic E-state index is -0.965. The number of piperidine rings is 1. The molecule has 0 saturated carbocycles. The highest BCUT2D eigenvalue weighted by Crippen LogP contribution is 2.29. The molecule has 26 heavy (non-hydrogen) atoms. The largest absolute Gasteiger partial charge is 0.444 e. The molecule has 140 valence electrons. The quantitative estimate of drug-likeness (QED) is 0.800. The van der Waals surface area contributed by atoms with E-state index < -0.39 is 17.2 Å². The summed E-state index contributed by atoms with van der Waals surface area (Å²) < 4.78 is 36.9. The predicted octanol–water partition coefficient (Wildman–Crippen LogP) is 4.13. The van der Waals surface area contributed by atoms with Gasteiger partial charge in [0.25, 0.3) is 5.89 Å². The van der Waals surface area contributed by atoms with Crippen molar-refractivity contribution in [3.05, 3.63) is 35.7 Å². The van der Waals surface area contributed by atoms with Crippen LogP contribution in [0, 0.1) is 11.6 Å². The average Bonchev–Trinajstić information content (AvgIpc) is 3.06. The third-order valence-corrected chi connectivity index (χ3v) is 4.12. The molecule has 8 heteroatoms. The molecule has 6 nitrogen and oxygen atoms in total. The van der Waals surface area contributed by atoms with Crippen LogP contribution < -0.4 is 0 Å². The van der Waals surface area contributed by atoms with Gasteiger partial charge in [-0.05, 0) is 51.8 Å². The zero-order valence-corrected chi connectivity index (χ0v) is 15.0. The first kappa shape index (κ1) is 18.3. The summed E-state index contributed by atoms with van der Waals surface area (Å²) in [5.41, 5.74) is -0.199. The Labute approximate surface area is 150 Å². The highest BCUT2D eigenvalue weighted by Gasteiger charge is 2.29. The SMILES string of the molecule is CC(C)(C)OC(=O)N1CCC(c2noc(-c3ccc(F)c(F)c3)n2)CC1. The molecule has 0 atom stereocenters. The van der Waals surface area contributed by atoms with Crippen LogP contribution in [0.25, 0.3) is 11.5 Å². The molecule has 0 bridgehead atoms. The van der Waals surface area contributed by atoms with Crippen molar-refractivity contribution in [2.24, 2.45) is 0 Å². The van der Waals surface area contributed by atoms with Crippen LogP contribution in [0.2, 0.25) is 0 Å². The van der Waals surface area contributed by atoms with E-state index in [0.717, 1.165) is 12.1 Å². The van der Waals surface area contributed by atoms with Crippen LogP contribution >= 0.6 is 0 Å². The van der Waals surface area contributed by atoms with Gasteiger partial charge in [0.2, 0.25) is 0 Å². The number of hydrogen-bond donors (Lipinski definition) is 0. The number of likely N-dealkylation sites (tertiary alicyclic amines) is 1. The summed E-state index contributed by atoms with van der Waals surface area (Å²) in [6.45, 7) is 6.56. The van der Waals surface area contributed by atoms with Gasteiger partial charge in [-0.3, -0.25) is 0 Å². The van der Waals surface area contributed by atoms with Crippen molar-refractivity contribution in [3.63, 3.8) is 0 Å². The number of amides is 1. The first-order valence-corrected chi connectivity index (χ1v) is 8.50. The van der Waals surface area contributed by atoms with Crippen LogP contribution in [0.15, 0.2) is 22.7 Å². The lowest BCUT2D eigenvalue weighted by atomic mass is 9.96. The maximum Gasteiger partial charge on any atom is 0.410 e. The van der Waals surface area contributed by atoms with E-state index in [9.17, 15) is 13.6 Å². The summed E-state index contributed by atoms with van der Waals surface area (Å²) in [4.78, 5) is 18.1. The Balaban J connectivity index is 1.63. The van der Waals surface area contributed by atoms with Crippen LogP contribution in [0.4, 0.5) is 13.6 Å². The number of rotatable bonds is 2. The highest BCUT2D eigenvalue weighted by atomic mass is 19.2. The van der Waals surface area contributed by atoms with E-state index in [-0.39, 0.29) is 17.9 Å². The Morgan fingerprint density at radius 2 is 1.92 bits per heavy atom. The van der Waals surface area contributed by atoms with Crippen LogP contribution in [0.5, 0.6) is 0 Å². The lowest BCUT2D eigenvalue weighted by Crippen LogP contribution is -2.41. The van der Waals surface area contributed by atoms with Crippen molar-refractivity contribution in [3.8, 4) is 11.5 Å². The second-order valence-corrected chi connectivity index (χ2v) is 7.33. The molecule has 1 fully saturated rings. The summed E-state index contributed by atoms with van der Waals surface area (Å²) in [6.07, 6.45) is 1.03. The standard InChI is InChI=1S/C18H21F2N3O3/c1-18(2,3)25-17(24)23-8-6-11(7-9-23)15-21-16(26-22-15)12-4-5-13(19)14(20)10-12/h4-5,10-11H,6-9H2,1-3H3. The topological polar surface area (TPSA) is 68.5 Å². The Kier molecular flexibility index (Phi) is 4.93. The van der Waals surface area contributed by atoms with Crippen molar-refractivity contribution >= 4 is 6.09 Å². The van der Waals surface area contributed by atoms with Gasteiger partial charge in [0.1, 0.15) is 5.60 Å². The Morgan fingerprint density at radius 1 is 1.23 bits per heavy atom. The monoisotopic (exact) mass is 365 g/mol. The smallest absolute Gasteiger partial charge is 0.410 e. The van der Waals surface area contributed by atoms with E-state index in [1.165, 1.54) is 6.07 Å². The molecule has 0 radical (unpaired) electrons.